The fraction of sp³-hybridized carbons (Fsp3) is 0.571. The number of ether oxygens (including phenoxy) is 3. The Bertz CT molecular complexity index is 447. The molecule has 1 aromatic carbocycles. The van der Waals surface area contributed by atoms with E-state index in [1.807, 2.05) is 0 Å². The molecule has 1 fully saturated rings. The van der Waals surface area contributed by atoms with Crippen LogP contribution in [0.2, 0.25) is 0 Å². The number of alkyl halides is 3. The van der Waals surface area contributed by atoms with Crippen LogP contribution in [0.3, 0.4) is 0 Å². The minimum Gasteiger partial charge on any atom is -0.488 e. The van der Waals surface area contributed by atoms with Gasteiger partial charge in [0.25, 0.3) is 0 Å². The number of rotatable bonds is 6. The van der Waals surface area contributed by atoms with Crippen LogP contribution in [0, 0.1) is 0 Å². The molecule has 0 amide bonds. The molecule has 2 rings (SSSR count). The maximum atomic E-state index is 12.4. The van der Waals surface area contributed by atoms with Crippen molar-refractivity contribution < 1.29 is 32.5 Å². The summed E-state index contributed by atoms with van der Waals surface area (Å²) in [5.74, 6) is 0.320. The lowest BCUT2D eigenvalue weighted by atomic mass is 9.88. The van der Waals surface area contributed by atoms with Gasteiger partial charge in [-0.05, 0) is 24.3 Å². The molecule has 0 aliphatic heterocycles. The summed E-state index contributed by atoms with van der Waals surface area (Å²) in [4.78, 5) is 0. The lowest BCUT2D eigenvalue weighted by Gasteiger charge is -2.40. The van der Waals surface area contributed by atoms with Gasteiger partial charge in [0, 0.05) is 13.5 Å². The third kappa shape index (κ3) is 4.09. The van der Waals surface area contributed by atoms with Gasteiger partial charge in [0.05, 0.1) is 24.9 Å². The molecule has 21 heavy (non-hydrogen) atoms. The molecule has 0 heterocycles. The predicted octanol–water partition coefficient (Wildman–Crippen LogP) is 2.25. The highest BCUT2D eigenvalue weighted by atomic mass is 19.4. The van der Waals surface area contributed by atoms with E-state index in [9.17, 15) is 18.3 Å². The Morgan fingerprint density at radius 2 is 1.86 bits per heavy atom. The van der Waals surface area contributed by atoms with Gasteiger partial charge in [0.15, 0.2) is 0 Å². The van der Waals surface area contributed by atoms with Gasteiger partial charge in [-0.15, -0.1) is 0 Å². The van der Waals surface area contributed by atoms with Crippen molar-refractivity contribution in [3.05, 3.63) is 29.8 Å². The van der Waals surface area contributed by atoms with Gasteiger partial charge in [-0.25, -0.2) is 0 Å². The molecule has 0 bridgehead atoms. The van der Waals surface area contributed by atoms with Gasteiger partial charge in [0.2, 0.25) is 0 Å². The number of aliphatic hydroxyl groups excluding tert-OH is 1. The van der Waals surface area contributed by atoms with Crippen molar-refractivity contribution in [2.45, 2.75) is 30.9 Å². The van der Waals surface area contributed by atoms with Crippen molar-refractivity contribution in [1.82, 2.24) is 0 Å². The molecular weight excluding hydrogens is 289 g/mol. The molecule has 0 spiro atoms. The zero-order valence-electron chi connectivity index (χ0n) is 11.5. The Labute approximate surface area is 120 Å². The number of hydrogen-bond donors (Lipinski definition) is 1. The summed E-state index contributed by atoms with van der Waals surface area (Å²) in [6, 6.07) is 4.45. The molecular formula is C14H17F3O4. The molecule has 1 aliphatic rings. The van der Waals surface area contributed by atoms with Crippen LogP contribution in [0.15, 0.2) is 24.3 Å². The first-order valence-electron chi connectivity index (χ1n) is 6.54. The van der Waals surface area contributed by atoms with E-state index in [4.69, 9.17) is 14.2 Å². The van der Waals surface area contributed by atoms with Gasteiger partial charge < -0.3 is 19.3 Å². The van der Waals surface area contributed by atoms with E-state index >= 15 is 0 Å². The molecule has 118 valence electrons. The van der Waals surface area contributed by atoms with E-state index in [0.29, 0.717) is 25.4 Å². The topological polar surface area (TPSA) is 47.9 Å². The summed E-state index contributed by atoms with van der Waals surface area (Å²) < 4.78 is 53.1. The molecule has 3 unspecified atom stereocenters. The zero-order valence-corrected chi connectivity index (χ0v) is 11.5. The highest BCUT2D eigenvalue weighted by Gasteiger charge is 2.43. The van der Waals surface area contributed by atoms with Crippen LogP contribution in [0.5, 0.6) is 5.75 Å². The second kappa shape index (κ2) is 6.64. The standard InChI is InChI=1S/C14H17F3O4/c1-19-6-7-20-13-11(18)8-12(13)21-10-4-2-9(3-5-10)14(15,16)17/h2-5,11-13,18H,6-8H2,1H3. The van der Waals surface area contributed by atoms with Crippen molar-refractivity contribution >= 4 is 0 Å². The number of halogens is 3. The van der Waals surface area contributed by atoms with Crippen molar-refractivity contribution in [3.8, 4) is 5.75 Å². The predicted molar refractivity (Wildman–Crippen MR) is 68.1 cm³/mol. The first kappa shape index (κ1) is 16.1. The molecule has 1 saturated carbocycles. The molecule has 1 aromatic rings. The lowest BCUT2D eigenvalue weighted by molar-refractivity contribution is -0.167. The monoisotopic (exact) mass is 306 g/mol. The first-order chi connectivity index (χ1) is 9.91. The quantitative estimate of drug-likeness (QED) is 0.819. The van der Waals surface area contributed by atoms with Crippen molar-refractivity contribution in [1.29, 1.82) is 0 Å². The summed E-state index contributed by atoms with van der Waals surface area (Å²) in [5, 5.41) is 9.61. The van der Waals surface area contributed by atoms with E-state index in [1.165, 1.54) is 19.2 Å². The Hall–Kier alpha value is -1.31. The highest BCUT2D eigenvalue weighted by Crippen LogP contribution is 2.32. The summed E-state index contributed by atoms with van der Waals surface area (Å²) >= 11 is 0. The van der Waals surface area contributed by atoms with Crippen molar-refractivity contribution in [2.24, 2.45) is 0 Å². The normalized spacial score (nSPS) is 25.5. The smallest absolute Gasteiger partial charge is 0.416 e. The Kier molecular flexibility index (Phi) is 5.08. The van der Waals surface area contributed by atoms with E-state index in [-0.39, 0.29) is 6.10 Å². The van der Waals surface area contributed by atoms with Crippen LogP contribution in [0.25, 0.3) is 0 Å². The summed E-state index contributed by atoms with van der Waals surface area (Å²) in [5.41, 5.74) is -0.726. The van der Waals surface area contributed by atoms with E-state index in [1.54, 1.807) is 0 Å². The highest BCUT2D eigenvalue weighted by molar-refractivity contribution is 5.29. The van der Waals surface area contributed by atoms with E-state index in [0.717, 1.165) is 12.1 Å². The summed E-state index contributed by atoms with van der Waals surface area (Å²) in [6.07, 6.45) is -5.45. The Morgan fingerprint density at radius 1 is 1.19 bits per heavy atom. The number of hydrogen-bond acceptors (Lipinski definition) is 4. The second-order valence-corrected chi connectivity index (χ2v) is 4.81. The largest absolute Gasteiger partial charge is 0.488 e. The second-order valence-electron chi connectivity index (χ2n) is 4.81. The molecule has 4 nitrogen and oxygen atoms in total. The Morgan fingerprint density at radius 3 is 2.38 bits per heavy atom. The van der Waals surface area contributed by atoms with Crippen LogP contribution in [-0.2, 0) is 15.7 Å². The minimum atomic E-state index is -4.36. The third-order valence-corrected chi connectivity index (χ3v) is 3.29. The maximum absolute atomic E-state index is 12.4. The lowest BCUT2D eigenvalue weighted by Crippen LogP contribution is -2.55. The number of methoxy groups -OCH3 is 1. The fourth-order valence-electron chi connectivity index (χ4n) is 2.06. The molecule has 0 aromatic heterocycles. The molecule has 1 N–H and O–H groups in total. The summed E-state index contributed by atoms with van der Waals surface area (Å²) in [6.45, 7) is 0.724. The van der Waals surface area contributed by atoms with Gasteiger partial charge in [0.1, 0.15) is 18.0 Å². The van der Waals surface area contributed by atoms with Gasteiger partial charge in [-0.1, -0.05) is 0 Å². The zero-order chi connectivity index (χ0) is 15.5. The van der Waals surface area contributed by atoms with Gasteiger partial charge in [-0.2, -0.15) is 13.2 Å². The number of benzene rings is 1. The maximum Gasteiger partial charge on any atom is 0.416 e. The molecule has 0 saturated heterocycles. The average molecular weight is 306 g/mol. The molecule has 3 atom stereocenters. The van der Waals surface area contributed by atoms with Crippen molar-refractivity contribution in [2.75, 3.05) is 20.3 Å². The molecule has 1 aliphatic carbocycles. The van der Waals surface area contributed by atoms with Gasteiger partial charge >= 0.3 is 6.18 Å². The third-order valence-electron chi connectivity index (χ3n) is 3.29. The van der Waals surface area contributed by atoms with Crippen LogP contribution in [0.1, 0.15) is 12.0 Å². The van der Waals surface area contributed by atoms with Gasteiger partial charge in [-0.3, -0.25) is 0 Å². The van der Waals surface area contributed by atoms with Crippen LogP contribution in [0.4, 0.5) is 13.2 Å². The van der Waals surface area contributed by atoms with Crippen LogP contribution < -0.4 is 4.74 Å². The number of aliphatic hydroxyl groups is 1. The average Bonchev–Trinajstić information content (AvgIpc) is 2.42. The first-order valence-corrected chi connectivity index (χ1v) is 6.54. The fourth-order valence-corrected chi connectivity index (χ4v) is 2.06. The minimum absolute atomic E-state index is 0.320. The SMILES string of the molecule is COCCOC1C(O)CC1Oc1ccc(C(F)(F)F)cc1. The molecule has 7 heteroatoms. The van der Waals surface area contributed by atoms with Crippen LogP contribution in [-0.4, -0.2) is 43.7 Å². The van der Waals surface area contributed by atoms with Crippen LogP contribution >= 0.6 is 0 Å². The molecule has 0 radical (unpaired) electrons. The Balaban J connectivity index is 1.89. The van der Waals surface area contributed by atoms with Crippen molar-refractivity contribution in [3.63, 3.8) is 0 Å². The van der Waals surface area contributed by atoms with E-state index < -0.39 is 23.9 Å². The summed E-state index contributed by atoms with van der Waals surface area (Å²) in [7, 11) is 1.54. The van der Waals surface area contributed by atoms with E-state index in [2.05, 4.69) is 0 Å².